The fraction of sp³-hybridized carbons (Fsp3) is 0.200. The number of carbonyl (C=O) groups is 2. The molecule has 0 fully saturated rings. The van der Waals surface area contributed by atoms with Gasteiger partial charge >= 0.3 is 0 Å². The molecule has 9 heteroatoms. The highest BCUT2D eigenvalue weighted by atomic mass is 35.6. The third kappa shape index (κ3) is 4.04. The van der Waals surface area contributed by atoms with E-state index in [2.05, 4.69) is 0 Å². The molecule has 24 heavy (non-hydrogen) atoms. The van der Waals surface area contributed by atoms with Crippen LogP contribution in [0, 0.1) is 0 Å². The first-order valence-corrected chi connectivity index (χ1v) is 8.69. The van der Waals surface area contributed by atoms with Crippen molar-refractivity contribution in [2.45, 2.75) is 7.59 Å². The first-order valence-electron chi connectivity index (χ1n) is 6.42. The number of benzene rings is 1. The molecule has 0 atom stereocenters. The molecule has 0 aliphatic carbocycles. The van der Waals surface area contributed by atoms with Crippen molar-refractivity contribution in [3.05, 3.63) is 47.2 Å². The number of halogens is 6. The molecule has 0 N–H and O–H groups in total. The van der Waals surface area contributed by atoms with E-state index in [-0.39, 0.29) is 5.70 Å². The minimum Gasteiger partial charge on any atom is -0.343 e. The monoisotopic (exact) mass is 445 g/mol. The number of likely N-dealkylation sites (N-methyl/N-ethyl adjacent to an activating group) is 1. The Kier molecular flexibility index (Phi) is 5.86. The van der Waals surface area contributed by atoms with E-state index in [4.69, 9.17) is 69.6 Å². The number of hydrogen-bond acceptors (Lipinski definition) is 3. The van der Waals surface area contributed by atoms with Gasteiger partial charge in [-0.1, -0.05) is 93.9 Å². The molecule has 0 saturated carbocycles. The number of Topliss-reactive ketones (excluding diaryl/α,β-unsaturated/α-hetero) is 2. The maximum absolute atomic E-state index is 12.5. The zero-order chi connectivity index (χ0) is 18.3. The van der Waals surface area contributed by atoms with Crippen LogP contribution in [0.1, 0.15) is 5.56 Å². The second kappa shape index (κ2) is 7.06. The van der Waals surface area contributed by atoms with Gasteiger partial charge in [-0.15, -0.1) is 0 Å². The molecular weight excluding hydrogens is 439 g/mol. The highest BCUT2D eigenvalue weighted by Crippen LogP contribution is 2.39. The number of alkyl halides is 6. The molecule has 2 rings (SSSR count). The van der Waals surface area contributed by atoms with Gasteiger partial charge in [0.1, 0.15) is 0 Å². The summed E-state index contributed by atoms with van der Waals surface area (Å²) in [6, 6.07) is 7.33. The Labute approximate surface area is 168 Å². The number of carbonyl (C=O) groups excluding carboxylic acids is 2. The van der Waals surface area contributed by atoms with E-state index < -0.39 is 24.7 Å². The van der Waals surface area contributed by atoms with Gasteiger partial charge in [-0.05, 0) is 17.7 Å². The highest BCUT2D eigenvalue weighted by molar-refractivity contribution is 6.81. The van der Waals surface area contributed by atoms with Crippen molar-refractivity contribution in [2.75, 3.05) is 11.9 Å². The van der Waals surface area contributed by atoms with Gasteiger partial charge in [-0.25, -0.2) is 0 Å². The summed E-state index contributed by atoms with van der Waals surface area (Å²) in [6.45, 7) is 0. The molecule has 0 spiro atoms. The highest BCUT2D eigenvalue weighted by Gasteiger charge is 2.45. The Morgan fingerprint density at radius 1 is 0.875 bits per heavy atom. The number of allylic oxidation sites excluding steroid dienone is 2. The van der Waals surface area contributed by atoms with Gasteiger partial charge in [0.15, 0.2) is 0 Å². The van der Waals surface area contributed by atoms with E-state index in [1.54, 1.807) is 30.2 Å². The Bertz CT molecular complexity index is 730. The molecule has 0 aromatic heterocycles. The number of fused-ring (bicyclic) bond motifs is 1. The maximum Gasteiger partial charge on any atom is 0.253 e. The molecule has 1 aliphatic heterocycles. The van der Waals surface area contributed by atoms with Crippen molar-refractivity contribution in [1.29, 1.82) is 0 Å². The van der Waals surface area contributed by atoms with Gasteiger partial charge < -0.3 is 4.90 Å². The van der Waals surface area contributed by atoms with Crippen LogP contribution in [0.2, 0.25) is 0 Å². The minimum atomic E-state index is -2.38. The number of rotatable bonds is 2. The van der Waals surface area contributed by atoms with Crippen LogP contribution in [0.3, 0.4) is 0 Å². The summed E-state index contributed by atoms with van der Waals surface area (Å²) >= 11 is 34.0. The largest absolute Gasteiger partial charge is 0.343 e. The number of anilines is 1. The molecule has 0 bridgehead atoms. The van der Waals surface area contributed by atoms with Crippen LogP contribution in [-0.2, 0) is 9.59 Å². The fourth-order valence-corrected chi connectivity index (χ4v) is 2.78. The lowest BCUT2D eigenvalue weighted by Crippen LogP contribution is -2.36. The molecule has 1 aliphatic rings. The van der Waals surface area contributed by atoms with Gasteiger partial charge in [0.2, 0.25) is 11.6 Å². The van der Waals surface area contributed by atoms with Crippen LogP contribution in [0.15, 0.2) is 41.6 Å². The Balaban J connectivity index is 2.70. The molecule has 1 aromatic rings. The van der Waals surface area contributed by atoms with E-state index in [1.807, 2.05) is 12.1 Å². The summed E-state index contributed by atoms with van der Waals surface area (Å²) in [6.07, 6.45) is 3.24. The van der Waals surface area contributed by atoms with Gasteiger partial charge in [0, 0.05) is 12.7 Å². The smallest absolute Gasteiger partial charge is 0.253 e. The van der Waals surface area contributed by atoms with Gasteiger partial charge in [-0.3, -0.25) is 9.59 Å². The van der Waals surface area contributed by atoms with Crippen LogP contribution < -0.4 is 4.90 Å². The maximum atomic E-state index is 12.5. The second-order valence-corrected chi connectivity index (χ2v) is 9.43. The van der Waals surface area contributed by atoms with Crippen LogP contribution in [0.4, 0.5) is 5.69 Å². The van der Waals surface area contributed by atoms with Crippen LogP contribution >= 0.6 is 69.6 Å². The zero-order valence-electron chi connectivity index (χ0n) is 12.0. The molecule has 0 radical (unpaired) electrons. The summed E-state index contributed by atoms with van der Waals surface area (Å²) in [5.41, 5.74) is 1.29. The predicted octanol–water partition coefficient (Wildman–Crippen LogP) is 5.28. The zero-order valence-corrected chi connectivity index (χ0v) is 16.5. The summed E-state index contributed by atoms with van der Waals surface area (Å²) in [5.74, 6) is -2.15. The molecule has 1 aromatic carbocycles. The third-order valence-corrected chi connectivity index (χ3v) is 4.34. The van der Waals surface area contributed by atoms with Crippen molar-refractivity contribution in [2.24, 2.45) is 0 Å². The Morgan fingerprint density at radius 2 is 1.38 bits per heavy atom. The molecule has 3 nitrogen and oxygen atoms in total. The van der Waals surface area contributed by atoms with Crippen LogP contribution in [-0.4, -0.2) is 26.2 Å². The lowest BCUT2D eigenvalue weighted by Gasteiger charge is -2.29. The molecule has 0 saturated heterocycles. The lowest BCUT2D eigenvalue weighted by atomic mass is 9.99. The van der Waals surface area contributed by atoms with Gasteiger partial charge in [0.05, 0.1) is 11.3 Å². The average molecular weight is 448 g/mol. The lowest BCUT2D eigenvalue weighted by molar-refractivity contribution is -0.120. The first kappa shape index (κ1) is 19.9. The minimum absolute atomic E-state index is 0.168. The quantitative estimate of drug-likeness (QED) is 0.268. The van der Waals surface area contributed by atoms with E-state index in [0.29, 0.717) is 0 Å². The first-order chi connectivity index (χ1) is 10.9. The van der Waals surface area contributed by atoms with Crippen molar-refractivity contribution < 1.29 is 9.59 Å². The summed E-state index contributed by atoms with van der Waals surface area (Å²) in [7, 11) is 1.65. The standard InChI is InChI=1S/C15H9Cl6NO2/c1-22-9-5-3-2-4-8(9)6-7-10(22)11(12(23)14(16,17)18)13(24)15(19,20)21/h2-7H,1H3. The van der Waals surface area contributed by atoms with E-state index in [0.717, 1.165) is 11.3 Å². The summed E-state index contributed by atoms with van der Waals surface area (Å²) in [4.78, 5) is 26.6. The Morgan fingerprint density at radius 3 is 1.88 bits per heavy atom. The van der Waals surface area contributed by atoms with E-state index >= 15 is 0 Å². The van der Waals surface area contributed by atoms with Crippen molar-refractivity contribution in [1.82, 2.24) is 0 Å². The predicted molar refractivity (Wildman–Crippen MR) is 101 cm³/mol. The normalized spacial score (nSPS) is 14.5. The van der Waals surface area contributed by atoms with Crippen molar-refractivity contribution in [3.63, 3.8) is 0 Å². The topological polar surface area (TPSA) is 37.4 Å². The summed E-state index contributed by atoms with van der Waals surface area (Å²) in [5, 5.41) is 0. The average Bonchev–Trinajstić information content (AvgIpc) is 2.48. The van der Waals surface area contributed by atoms with Crippen molar-refractivity contribution >= 4 is 92.9 Å². The van der Waals surface area contributed by atoms with Crippen LogP contribution in [0.25, 0.3) is 6.08 Å². The van der Waals surface area contributed by atoms with Gasteiger partial charge in [0.25, 0.3) is 7.59 Å². The number of para-hydroxylation sites is 1. The number of hydrogen-bond donors (Lipinski definition) is 0. The molecular formula is C15H9Cl6NO2. The molecule has 1 heterocycles. The molecule has 0 amide bonds. The fourth-order valence-electron chi connectivity index (χ4n) is 2.21. The molecule has 0 unspecified atom stereocenters. The van der Waals surface area contributed by atoms with Gasteiger partial charge in [-0.2, -0.15) is 0 Å². The summed E-state index contributed by atoms with van der Waals surface area (Å²) < 4.78 is -4.75. The second-order valence-electron chi connectivity index (χ2n) is 4.87. The Hall–Kier alpha value is -0.420. The molecule has 128 valence electrons. The third-order valence-electron chi connectivity index (χ3n) is 3.31. The van der Waals surface area contributed by atoms with Crippen molar-refractivity contribution in [3.8, 4) is 0 Å². The van der Waals surface area contributed by atoms with E-state index in [1.165, 1.54) is 6.08 Å². The SMILES string of the molecule is CN1C(=C(C(=O)C(Cl)(Cl)Cl)C(=O)C(Cl)(Cl)Cl)C=Cc2ccccc21. The van der Waals surface area contributed by atoms with E-state index in [9.17, 15) is 9.59 Å². The number of ketones is 2. The number of nitrogens with zero attached hydrogens (tertiary/aromatic N) is 1. The van der Waals surface area contributed by atoms with Crippen LogP contribution in [0.5, 0.6) is 0 Å².